The summed E-state index contributed by atoms with van der Waals surface area (Å²) in [6.07, 6.45) is 3.61. The van der Waals surface area contributed by atoms with Crippen LogP contribution in [0.15, 0.2) is 224 Å². The van der Waals surface area contributed by atoms with E-state index in [9.17, 15) is 5.11 Å². The first-order valence-corrected chi connectivity index (χ1v) is 28.2. The highest BCUT2D eigenvalue weighted by Crippen LogP contribution is 2.43. The number of aliphatic hydroxyl groups excluding tert-OH is 1. The molecule has 0 saturated heterocycles. The minimum atomic E-state index is -0.238. The Kier molecular flexibility index (Phi) is 12.6. The van der Waals surface area contributed by atoms with E-state index in [4.69, 9.17) is 28.4 Å². The summed E-state index contributed by atoms with van der Waals surface area (Å²) >= 11 is 0. The smallest absolute Gasteiger partial charge is 0.134 e. The minimum absolute atomic E-state index is 0.238. The molecule has 0 saturated carbocycles. The topological polar surface area (TPSA) is 75.6 Å². The van der Waals surface area contributed by atoms with Crippen molar-refractivity contribution < 1.29 is 33.5 Å². The molecule has 0 amide bonds. The van der Waals surface area contributed by atoms with Gasteiger partial charge in [0, 0.05) is 42.5 Å². The van der Waals surface area contributed by atoms with E-state index in [0.29, 0.717) is 78.0 Å². The molecule has 4 aliphatic rings. The molecule has 0 bridgehead atoms. The Hall–Kier alpha value is -9.82. The Balaban J connectivity index is 0.699. The fourth-order valence-corrected chi connectivity index (χ4v) is 12.5. The van der Waals surface area contributed by atoms with E-state index in [1.165, 1.54) is 89.0 Å². The van der Waals surface area contributed by atoms with Crippen LogP contribution in [0.3, 0.4) is 0 Å². The summed E-state index contributed by atoms with van der Waals surface area (Å²) < 4.78 is 39.7. The van der Waals surface area contributed by atoms with Crippen molar-refractivity contribution in [3.63, 3.8) is 0 Å². The molecule has 0 spiro atoms. The fourth-order valence-electron chi connectivity index (χ4n) is 12.5. The zero-order valence-corrected chi connectivity index (χ0v) is 45.1. The van der Waals surface area contributed by atoms with Crippen molar-refractivity contribution in [2.45, 2.75) is 58.7 Å². The van der Waals surface area contributed by atoms with Crippen LogP contribution in [0, 0.1) is 0 Å². The zero-order valence-electron chi connectivity index (χ0n) is 45.1. The standard InChI is InChI=1S/C75H56O7/c76-42-51-29-64(81-66-37-60(77-43-47-17-21-72-56(25-47)31-52-9-1-5-13-68(52)72)35-61(38-66)78-44-48-18-22-73-57(26-48)32-53-10-2-6-14-69(53)73)41-65(30-51)82-67-39-62(79-45-49-19-23-74-58(27-49)33-54-11-3-7-15-70(54)74)36-63(40-67)80-46-50-20-24-75-59(28-50)34-55-12-4-8-16-71(55)75/h1-30,35-41,76H,31-34,42-46H2. The van der Waals surface area contributed by atoms with Crippen molar-refractivity contribution in [1.29, 1.82) is 0 Å². The highest BCUT2D eigenvalue weighted by molar-refractivity contribution is 5.80. The highest BCUT2D eigenvalue weighted by Gasteiger charge is 2.23. The van der Waals surface area contributed by atoms with Crippen molar-refractivity contribution >= 4 is 0 Å². The van der Waals surface area contributed by atoms with E-state index >= 15 is 0 Å². The van der Waals surface area contributed by atoms with Gasteiger partial charge in [0.05, 0.1) is 6.61 Å². The fraction of sp³-hybridized carbons (Fsp3) is 0.120. The molecule has 82 heavy (non-hydrogen) atoms. The number of ether oxygens (including phenoxy) is 6. The van der Waals surface area contributed by atoms with Gasteiger partial charge in [-0.1, -0.05) is 170 Å². The normalized spacial score (nSPS) is 12.5. The van der Waals surface area contributed by atoms with Gasteiger partial charge in [-0.05, 0) is 155 Å². The quantitative estimate of drug-likeness (QED) is 0.0974. The van der Waals surface area contributed by atoms with Gasteiger partial charge in [-0.25, -0.2) is 0 Å². The molecule has 11 aromatic carbocycles. The molecule has 15 rings (SSSR count). The summed E-state index contributed by atoms with van der Waals surface area (Å²) in [5.74, 6) is 4.29. The lowest BCUT2D eigenvalue weighted by Crippen LogP contribution is -2.00. The number of benzene rings is 11. The molecule has 11 aromatic rings. The summed E-state index contributed by atoms with van der Waals surface area (Å²) in [6, 6.07) is 77.6. The molecule has 0 aromatic heterocycles. The molecular formula is C75H56O7. The summed E-state index contributed by atoms with van der Waals surface area (Å²) in [4.78, 5) is 0. The van der Waals surface area contributed by atoms with E-state index in [0.717, 1.165) is 47.9 Å². The molecule has 0 unspecified atom stereocenters. The maximum Gasteiger partial charge on any atom is 0.134 e. The summed E-state index contributed by atoms with van der Waals surface area (Å²) in [5.41, 5.74) is 25.8. The van der Waals surface area contributed by atoms with Crippen molar-refractivity contribution in [1.82, 2.24) is 0 Å². The largest absolute Gasteiger partial charge is 0.489 e. The first-order chi connectivity index (χ1) is 40.4. The second-order valence-electron chi connectivity index (χ2n) is 21.9. The summed E-state index contributed by atoms with van der Waals surface area (Å²) in [6.45, 7) is 1.18. The van der Waals surface area contributed by atoms with Gasteiger partial charge >= 0.3 is 0 Å². The third-order valence-corrected chi connectivity index (χ3v) is 16.4. The monoisotopic (exact) mass is 1070 g/mol. The average Bonchev–Trinajstić information content (AvgIpc) is 4.44. The predicted octanol–water partition coefficient (Wildman–Crippen LogP) is 17.4. The van der Waals surface area contributed by atoms with Gasteiger partial charge in [0.1, 0.15) is 72.4 Å². The molecule has 0 radical (unpaired) electrons. The van der Waals surface area contributed by atoms with Gasteiger partial charge in [0.2, 0.25) is 0 Å². The number of hydrogen-bond donors (Lipinski definition) is 1. The number of rotatable bonds is 17. The highest BCUT2D eigenvalue weighted by atomic mass is 16.5. The van der Waals surface area contributed by atoms with Crippen molar-refractivity contribution in [2.24, 2.45) is 0 Å². The SMILES string of the molecule is OCc1cc(Oc2cc(OCc3ccc4c(c3)Cc3ccccc3-4)cc(OCc3ccc4c(c3)Cc3ccccc3-4)c2)cc(Oc2cc(OCc3ccc4c(c3)Cc3ccccc3-4)cc(OCc3ccc4c(c3)Cc3ccccc3-4)c2)c1. The van der Waals surface area contributed by atoms with Crippen LogP contribution in [-0.2, 0) is 58.7 Å². The lowest BCUT2D eigenvalue weighted by atomic mass is 10.0. The number of aliphatic hydroxyl groups is 1. The maximum atomic E-state index is 10.7. The van der Waals surface area contributed by atoms with E-state index in [-0.39, 0.29) is 6.61 Å². The van der Waals surface area contributed by atoms with Crippen molar-refractivity contribution in [2.75, 3.05) is 0 Å². The molecular weight excluding hydrogens is 1010 g/mol. The zero-order chi connectivity index (χ0) is 54.5. The molecule has 0 aliphatic heterocycles. The predicted molar refractivity (Wildman–Crippen MR) is 321 cm³/mol. The van der Waals surface area contributed by atoms with E-state index in [2.05, 4.69) is 170 Å². The van der Waals surface area contributed by atoms with Gasteiger partial charge in [-0.2, -0.15) is 0 Å². The lowest BCUT2D eigenvalue weighted by molar-refractivity contribution is 0.280. The molecule has 398 valence electrons. The van der Waals surface area contributed by atoms with Gasteiger partial charge in [-0.3, -0.25) is 0 Å². The maximum absolute atomic E-state index is 10.7. The van der Waals surface area contributed by atoms with Gasteiger partial charge in [-0.15, -0.1) is 0 Å². The first kappa shape index (κ1) is 49.2. The Morgan fingerprint density at radius 2 is 0.476 bits per heavy atom. The number of hydrogen-bond acceptors (Lipinski definition) is 7. The summed E-state index contributed by atoms with van der Waals surface area (Å²) in [7, 11) is 0. The summed E-state index contributed by atoms with van der Waals surface area (Å²) in [5, 5.41) is 10.7. The van der Waals surface area contributed by atoms with Crippen LogP contribution in [0.4, 0.5) is 0 Å². The van der Waals surface area contributed by atoms with Crippen LogP contribution in [0.2, 0.25) is 0 Å². The van der Waals surface area contributed by atoms with Crippen molar-refractivity contribution in [3.05, 3.63) is 297 Å². The third-order valence-electron chi connectivity index (χ3n) is 16.4. The van der Waals surface area contributed by atoms with Crippen LogP contribution < -0.4 is 28.4 Å². The molecule has 0 atom stereocenters. The Morgan fingerprint density at radius 1 is 0.232 bits per heavy atom. The van der Waals surface area contributed by atoms with Crippen LogP contribution in [0.25, 0.3) is 44.5 Å². The molecule has 0 fully saturated rings. The van der Waals surface area contributed by atoms with Gasteiger partial charge in [0.15, 0.2) is 0 Å². The Labute approximate surface area is 477 Å². The minimum Gasteiger partial charge on any atom is -0.489 e. The lowest BCUT2D eigenvalue weighted by Gasteiger charge is -2.16. The van der Waals surface area contributed by atoms with Crippen molar-refractivity contribution in [3.8, 4) is 90.5 Å². The third kappa shape index (κ3) is 9.90. The van der Waals surface area contributed by atoms with Gasteiger partial charge in [0.25, 0.3) is 0 Å². The molecule has 0 heterocycles. The first-order valence-electron chi connectivity index (χ1n) is 28.2. The molecule has 7 heteroatoms. The average molecular weight is 1070 g/mol. The second-order valence-corrected chi connectivity index (χ2v) is 21.9. The van der Waals surface area contributed by atoms with Crippen LogP contribution in [0.1, 0.15) is 72.3 Å². The second kappa shape index (κ2) is 21.0. The molecule has 4 aliphatic carbocycles. The van der Waals surface area contributed by atoms with Gasteiger partial charge < -0.3 is 33.5 Å². The van der Waals surface area contributed by atoms with Crippen LogP contribution in [0.5, 0.6) is 46.0 Å². The van der Waals surface area contributed by atoms with Crippen LogP contribution in [-0.4, -0.2) is 5.11 Å². The van der Waals surface area contributed by atoms with E-state index in [1.807, 2.05) is 54.6 Å². The van der Waals surface area contributed by atoms with E-state index in [1.54, 1.807) is 0 Å². The van der Waals surface area contributed by atoms with E-state index < -0.39 is 0 Å². The number of fused-ring (bicyclic) bond motifs is 12. The molecule has 1 N–H and O–H groups in total. The Morgan fingerprint density at radius 3 is 0.768 bits per heavy atom. The van der Waals surface area contributed by atoms with Crippen LogP contribution >= 0.6 is 0 Å². The Bertz CT molecular complexity index is 3800. The molecule has 7 nitrogen and oxygen atoms in total.